The smallest absolute Gasteiger partial charge is 0.194 e. The molecule has 2 unspecified atom stereocenters. The molecule has 2 aliphatic carbocycles. The van der Waals surface area contributed by atoms with Crippen molar-refractivity contribution in [3.05, 3.63) is 41.5 Å². The topological polar surface area (TPSA) is 93.7 Å². The molecule has 1 spiro atoms. The molecule has 2 atom stereocenters. The Morgan fingerprint density at radius 2 is 2.06 bits per heavy atom. The lowest BCUT2D eigenvalue weighted by molar-refractivity contribution is 0.553. The summed E-state index contributed by atoms with van der Waals surface area (Å²) in [7, 11) is 0. The highest BCUT2D eigenvalue weighted by molar-refractivity contribution is 7.99. The van der Waals surface area contributed by atoms with E-state index < -0.39 is 0 Å². The first kappa shape index (κ1) is 21.3. The predicted molar refractivity (Wildman–Crippen MR) is 131 cm³/mol. The molecule has 1 aliphatic heterocycles. The first-order valence-corrected chi connectivity index (χ1v) is 12.8. The van der Waals surface area contributed by atoms with Gasteiger partial charge in [-0.2, -0.15) is 0 Å². The minimum atomic E-state index is 0.251. The van der Waals surface area contributed by atoms with Gasteiger partial charge in [-0.15, -0.1) is 0 Å². The lowest BCUT2D eigenvalue weighted by Gasteiger charge is -2.23. The highest BCUT2D eigenvalue weighted by atomic mass is 35.5. The van der Waals surface area contributed by atoms with E-state index in [0.717, 1.165) is 89.3 Å². The van der Waals surface area contributed by atoms with Gasteiger partial charge in [-0.3, -0.25) is 4.98 Å². The van der Waals surface area contributed by atoms with Crippen LogP contribution in [0.4, 0.5) is 5.82 Å². The Labute approximate surface area is 202 Å². The Bertz CT molecular complexity index is 1280. The number of hydrogen-bond acceptors (Lipinski definition) is 8. The first-order valence-electron chi connectivity index (χ1n) is 11.6. The molecule has 2 N–H and O–H groups in total. The van der Waals surface area contributed by atoms with Crippen LogP contribution in [0.5, 0.6) is 0 Å². The van der Waals surface area contributed by atoms with E-state index >= 15 is 0 Å². The van der Waals surface area contributed by atoms with Crippen molar-refractivity contribution in [1.29, 1.82) is 0 Å². The fraction of sp³-hybridized carbons (Fsp3) is 0.458. The maximum absolute atomic E-state index is 7.01. The number of hydrogen-bond donors (Lipinski definition) is 1. The summed E-state index contributed by atoms with van der Waals surface area (Å²) in [6, 6.07) is 2.30. The van der Waals surface area contributed by atoms with E-state index in [0.29, 0.717) is 11.7 Å². The summed E-state index contributed by atoms with van der Waals surface area (Å²) in [6.07, 6.45) is 11.3. The van der Waals surface area contributed by atoms with E-state index in [1.165, 1.54) is 17.3 Å². The van der Waals surface area contributed by atoms with Crippen LogP contribution in [0.1, 0.15) is 50.3 Å². The number of aromatic nitrogens is 5. The predicted octanol–water partition coefficient (Wildman–Crippen LogP) is 4.59. The Kier molecular flexibility index (Phi) is 5.27. The molecular weight excluding hydrogens is 454 g/mol. The summed E-state index contributed by atoms with van der Waals surface area (Å²) in [5.41, 5.74) is 11.3. The van der Waals surface area contributed by atoms with Crippen LogP contribution in [-0.2, 0) is 6.42 Å². The van der Waals surface area contributed by atoms with E-state index in [9.17, 15) is 0 Å². The van der Waals surface area contributed by atoms with E-state index in [4.69, 9.17) is 27.3 Å². The van der Waals surface area contributed by atoms with Crippen LogP contribution in [0.15, 0.2) is 40.3 Å². The third-order valence-corrected chi connectivity index (χ3v) is 8.52. The summed E-state index contributed by atoms with van der Waals surface area (Å²) in [6.45, 7) is 4.08. The van der Waals surface area contributed by atoms with Gasteiger partial charge in [-0.25, -0.2) is 19.9 Å². The molecule has 33 heavy (non-hydrogen) atoms. The van der Waals surface area contributed by atoms with Crippen LogP contribution in [-0.4, -0.2) is 44.1 Å². The number of nitrogens with zero attached hydrogens (tertiary/aromatic N) is 6. The van der Waals surface area contributed by atoms with E-state index in [2.05, 4.69) is 26.8 Å². The number of aryl methyl sites for hydroxylation is 1. The van der Waals surface area contributed by atoms with Gasteiger partial charge in [-0.1, -0.05) is 24.1 Å². The molecule has 170 valence electrons. The van der Waals surface area contributed by atoms with Crippen LogP contribution in [0.3, 0.4) is 0 Å². The van der Waals surface area contributed by atoms with Crippen LogP contribution in [0.25, 0.3) is 16.2 Å². The van der Waals surface area contributed by atoms with Crippen molar-refractivity contribution >= 4 is 45.4 Å². The molecule has 0 aromatic carbocycles. The second-order valence-electron chi connectivity index (χ2n) is 9.29. The van der Waals surface area contributed by atoms with Gasteiger partial charge < -0.3 is 10.6 Å². The van der Waals surface area contributed by atoms with Crippen molar-refractivity contribution < 1.29 is 0 Å². The Morgan fingerprint density at radius 3 is 2.85 bits per heavy atom. The summed E-state index contributed by atoms with van der Waals surface area (Å²) < 4.78 is 0. The molecule has 3 aromatic rings. The molecule has 4 heterocycles. The molecule has 0 bridgehead atoms. The molecule has 7 nitrogen and oxygen atoms in total. The van der Waals surface area contributed by atoms with Gasteiger partial charge in [0.05, 0.1) is 16.3 Å². The van der Waals surface area contributed by atoms with Crippen LogP contribution >= 0.6 is 23.4 Å². The van der Waals surface area contributed by atoms with Crippen molar-refractivity contribution in [1.82, 2.24) is 24.9 Å². The SMILES string of the molecule is CCC1=C(Cl)c2c(nc(Sc3cnc4nccnc4c3)nc2N2CCC3(CC3N)C2)CCC1. The molecular formula is C24H26ClN7S. The summed E-state index contributed by atoms with van der Waals surface area (Å²) in [5, 5.41) is 1.57. The number of allylic oxidation sites excluding steroid dienone is 1. The van der Waals surface area contributed by atoms with E-state index in [1.807, 2.05) is 12.3 Å². The zero-order chi connectivity index (χ0) is 22.6. The van der Waals surface area contributed by atoms with Crippen molar-refractivity contribution in [3.63, 3.8) is 0 Å². The first-order chi connectivity index (χ1) is 16.1. The maximum Gasteiger partial charge on any atom is 0.194 e. The lowest BCUT2D eigenvalue weighted by Crippen LogP contribution is -2.25. The average Bonchev–Trinajstić information content (AvgIpc) is 3.30. The minimum Gasteiger partial charge on any atom is -0.355 e. The summed E-state index contributed by atoms with van der Waals surface area (Å²) in [4.78, 5) is 26.5. The second-order valence-corrected chi connectivity index (χ2v) is 10.7. The Hall–Kier alpha value is -2.29. The highest BCUT2D eigenvalue weighted by Gasteiger charge is 2.56. The zero-order valence-electron chi connectivity index (χ0n) is 18.6. The van der Waals surface area contributed by atoms with E-state index in [1.54, 1.807) is 12.4 Å². The van der Waals surface area contributed by atoms with Crippen LogP contribution in [0.2, 0.25) is 0 Å². The Balaban J connectivity index is 1.42. The standard InChI is InChI=1S/C24H26ClN7S/c1-2-14-4-3-5-16-19(20(14)25)22(32-9-6-24(13-32)11-18(24)26)31-23(30-16)33-15-10-17-21(29-12-15)28-8-7-27-17/h7-8,10,12,18H,2-6,9,11,13,26H2,1H3. The monoisotopic (exact) mass is 479 g/mol. The summed E-state index contributed by atoms with van der Waals surface area (Å²) >= 11 is 8.53. The summed E-state index contributed by atoms with van der Waals surface area (Å²) in [5.74, 6) is 0.963. The number of pyridine rings is 1. The van der Waals surface area contributed by atoms with Gasteiger partial charge in [-0.05, 0) is 56.4 Å². The zero-order valence-corrected chi connectivity index (χ0v) is 20.2. The highest BCUT2D eigenvalue weighted by Crippen LogP contribution is 2.53. The fourth-order valence-corrected chi connectivity index (χ4v) is 6.36. The van der Waals surface area contributed by atoms with Crippen molar-refractivity contribution in [3.8, 4) is 0 Å². The average molecular weight is 480 g/mol. The molecule has 9 heteroatoms. The third-order valence-electron chi connectivity index (χ3n) is 7.24. The maximum atomic E-state index is 7.01. The van der Waals surface area contributed by atoms with Gasteiger partial charge in [0, 0.05) is 48.0 Å². The number of nitrogens with two attached hydrogens (primary N) is 1. The minimum absolute atomic E-state index is 0.251. The van der Waals surface area contributed by atoms with Gasteiger partial charge in [0.25, 0.3) is 0 Å². The number of anilines is 1. The molecule has 0 amide bonds. The van der Waals surface area contributed by atoms with Crippen LogP contribution in [0, 0.1) is 5.41 Å². The third kappa shape index (κ3) is 3.78. The molecule has 1 saturated carbocycles. The molecule has 0 radical (unpaired) electrons. The normalized spacial score (nSPS) is 24.5. The molecule has 1 saturated heterocycles. The second kappa shape index (κ2) is 8.18. The van der Waals surface area contributed by atoms with Gasteiger partial charge in [0.15, 0.2) is 10.8 Å². The van der Waals surface area contributed by atoms with E-state index in [-0.39, 0.29) is 5.41 Å². The quantitative estimate of drug-likeness (QED) is 0.543. The van der Waals surface area contributed by atoms with Crippen LogP contribution < -0.4 is 10.6 Å². The molecule has 3 aliphatic rings. The molecule has 3 aromatic heterocycles. The molecule has 2 fully saturated rings. The Morgan fingerprint density at radius 1 is 1.21 bits per heavy atom. The largest absolute Gasteiger partial charge is 0.355 e. The lowest BCUT2D eigenvalue weighted by atomic mass is 10.1. The van der Waals surface area contributed by atoms with Crippen molar-refractivity contribution in [2.75, 3.05) is 18.0 Å². The van der Waals surface area contributed by atoms with Crippen molar-refractivity contribution in [2.24, 2.45) is 11.1 Å². The van der Waals surface area contributed by atoms with Gasteiger partial charge in [0.2, 0.25) is 0 Å². The number of halogens is 1. The number of fused-ring (bicyclic) bond motifs is 2. The molecule has 6 rings (SSSR count). The fourth-order valence-electron chi connectivity index (χ4n) is 5.17. The van der Waals surface area contributed by atoms with Crippen molar-refractivity contribution in [2.45, 2.75) is 61.5 Å². The number of rotatable bonds is 4. The van der Waals surface area contributed by atoms with Gasteiger partial charge >= 0.3 is 0 Å². The van der Waals surface area contributed by atoms with Gasteiger partial charge in [0.1, 0.15) is 11.3 Å².